The van der Waals surface area contributed by atoms with Gasteiger partial charge in [0, 0.05) is 68.9 Å². The fourth-order valence-electron chi connectivity index (χ4n) is 7.28. The van der Waals surface area contributed by atoms with Crippen LogP contribution in [0.1, 0.15) is 0 Å². The Kier molecular flexibility index (Phi) is 6.74. The van der Waals surface area contributed by atoms with Crippen LogP contribution in [0.5, 0.6) is 0 Å². The number of aromatic nitrogens is 5. The highest BCUT2D eigenvalue weighted by atomic mass is 15.0. The summed E-state index contributed by atoms with van der Waals surface area (Å²) in [5.74, 6) is 0. The summed E-state index contributed by atoms with van der Waals surface area (Å²) in [6, 6.07) is 53.6. The van der Waals surface area contributed by atoms with Crippen molar-refractivity contribution in [3.05, 3.63) is 176 Å². The lowest BCUT2D eigenvalue weighted by Gasteiger charge is -2.12. The summed E-state index contributed by atoms with van der Waals surface area (Å²) in [6.45, 7) is 0. The van der Waals surface area contributed by atoms with E-state index in [-0.39, 0.29) is 0 Å². The number of rotatable bonds is 5. The highest BCUT2D eigenvalue weighted by molar-refractivity contribution is 6.19. The maximum Gasteiger partial charge on any atom is 0.0725 e. The lowest BCUT2D eigenvalue weighted by Crippen LogP contribution is -1.95. The van der Waals surface area contributed by atoms with Crippen LogP contribution in [0.25, 0.3) is 94.1 Å². The molecule has 0 N–H and O–H groups in total. The molecule has 0 fully saturated rings. The first-order chi connectivity index (χ1) is 25.3. The van der Waals surface area contributed by atoms with Gasteiger partial charge in [-0.05, 0) is 89.0 Å². The largest absolute Gasteiger partial charge is 0.309 e. The van der Waals surface area contributed by atoms with E-state index in [2.05, 4.69) is 130 Å². The predicted molar refractivity (Wildman–Crippen MR) is 209 cm³/mol. The summed E-state index contributed by atoms with van der Waals surface area (Å²) in [4.78, 5) is 18.7. The molecule has 5 heteroatoms. The number of fused-ring (bicyclic) bond motifs is 6. The highest BCUT2D eigenvalue weighted by Crippen LogP contribution is 2.40. The minimum absolute atomic E-state index is 0.901. The van der Waals surface area contributed by atoms with Crippen LogP contribution in [0.15, 0.2) is 176 Å². The van der Waals surface area contributed by atoms with E-state index in [9.17, 15) is 0 Å². The minimum Gasteiger partial charge on any atom is -0.309 e. The molecule has 0 spiro atoms. The van der Waals surface area contributed by atoms with Crippen LogP contribution in [0.4, 0.5) is 0 Å². The predicted octanol–water partition coefficient (Wildman–Crippen LogP) is 11.3. The van der Waals surface area contributed by atoms with Crippen LogP contribution in [0, 0.1) is 0 Å². The molecule has 10 rings (SSSR count). The van der Waals surface area contributed by atoms with Crippen molar-refractivity contribution in [3.8, 4) is 50.7 Å². The first kappa shape index (κ1) is 29.0. The summed E-state index contributed by atoms with van der Waals surface area (Å²) in [6.07, 6.45) is 7.29. The van der Waals surface area contributed by atoms with Crippen molar-refractivity contribution in [2.24, 2.45) is 0 Å². The first-order valence-corrected chi connectivity index (χ1v) is 17.0. The molecule has 0 aliphatic carbocycles. The van der Waals surface area contributed by atoms with E-state index in [1.807, 2.05) is 48.8 Å². The second kappa shape index (κ2) is 11.9. The Morgan fingerprint density at radius 3 is 1.63 bits per heavy atom. The molecule has 0 bridgehead atoms. The molecule has 5 aromatic heterocycles. The Hall–Kier alpha value is -6.98. The van der Waals surface area contributed by atoms with Gasteiger partial charge >= 0.3 is 0 Å². The van der Waals surface area contributed by atoms with E-state index in [1.165, 1.54) is 32.4 Å². The fraction of sp³-hybridized carbons (Fsp3) is 0. The van der Waals surface area contributed by atoms with E-state index in [4.69, 9.17) is 9.97 Å². The number of benzene rings is 5. The average molecular weight is 652 g/mol. The molecule has 10 aromatic rings. The smallest absolute Gasteiger partial charge is 0.0725 e. The van der Waals surface area contributed by atoms with Gasteiger partial charge in [-0.2, -0.15) is 0 Å². The molecular formula is C46H29N5. The fourth-order valence-corrected chi connectivity index (χ4v) is 7.28. The van der Waals surface area contributed by atoms with Gasteiger partial charge in [-0.25, -0.2) is 9.97 Å². The van der Waals surface area contributed by atoms with Crippen molar-refractivity contribution in [1.82, 2.24) is 24.5 Å². The number of pyridine rings is 4. The maximum absolute atomic E-state index is 5.07. The number of hydrogen-bond donors (Lipinski definition) is 0. The standard InChI is InChI=1S/C46H29N5/c1-2-8-31-26-37(19-15-30(31)7-1)51-45-27-34(42-12-4-14-44(50-42)36-10-6-24-48-29-36)18-21-39(45)40-22-16-32-25-33(17-20-38(32)46(40)51)41-11-3-13-43(49-41)35-9-5-23-47-28-35/h1-29H. The monoisotopic (exact) mass is 651 g/mol. The number of hydrogen-bond acceptors (Lipinski definition) is 4. The first-order valence-electron chi connectivity index (χ1n) is 17.0. The zero-order valence-corrected chi connectivity index (χ0v) is 27.5. The highest BCUT2D eigenvalue weighted by Gasteiger charge is 2.18. The van der Waals surface area contributed by atoms with E-state index in [1.54, 1.807) is 12.4 Å². The molecule has 0 aliphatic heterocycles. The van der Waals surface area contributed by atoms with Gasteiger partial charge in [0.1, 0.15) is 0 Å². The summed E-state index contributed by atoms with van der Waals surface area (Å²) in [7, 11) is 0. The molecule has 0 aliphatic rings. The van der Waals surface area contributed by atoms with Gasteiger partial charge in [0.2, 0.25) is 0 Å². The molecular weight excluding hydrogens is 623 g/mol. The van der Waals surface area contributed by atoms with E-state index < -0.39 is 0 Å². The van der Waals surface area contributed by atoms with Gasteiger partial charge in [0.05, 0.1) is 33.8 Å². The third kappa shape index (κ3) is 5.03. The Balaban J connectivity index is 1.19. The summed E-state index contributed by atoms with van der Waals surface area (Å²) >= 11 is 0. The molecule has 0 saturated carbocycles. The van der Waals surface area contributed by atoms with Crippen molar-refractivity contribution in [2.75, 3.05) is 0 Å². The van der Waals surface area contributed by atoms with E-state index in [0.29, 0.717) is 0 Å². The molecule has 0 atom stereocenters. The Morgan fingerprint density at radius 1 is 0.373 bits per heavy atom. The van der Waals surface area contributed by atoms with Crippen LogP contribution in [-0.4, -0.2) is 24.5 Å². The van der Waals surface area contributed by atoms with Gasteiger partial charge in [-0.15, -0.1) is 0 Å². The molecule has 5 aromatic carbocycles. The van der Waals surface area contributed by atoms with E-state index in [0.717, 1.165) is 61.6 Å². The quantitative estimate of drug-likeness (QED) is 0.186. The molecule has 0 radical (unpaired) electrons. The van der Waals surface area contributed by atoms with E-state index >= 15 is 0 Å². The third-order valence-corrected chi connectivity index (χ3v) is 9.74. The summed E-state index contributed by atoms with van der Waals surface area (Å²) < 4.78 is 2.43. The van der Waals surface area contributed by atoms with Crippen molar-refractivity contribution in [1.29, 1.82) is 0 Å². The molecule has 238 valence electrons. The normalized spacial score (nSPS) is 11.5. The molecule has 5 heterocycles. The molecule has 5 nitrogen and oxygen atoms in total. The zero-order chi connectivity index (χ0) is 33.7. The summed E-state index contributed by atoms with van der Waals surface area (Å²) in [5, 5.41) is 7.16. The van der Waals surface area contributed by atoms with Crippen LogP contribution in [0.2, 0.25) is 0 Å². The van der Waals surface area contributed by atoms with Crippen molar-refractivity contribution >= 4 is 43.4 Å². The van der Waals surface area contributed by atoms with Crippen molar-refractivity contribution in [3.63, 3.8) is 0 Å². The van der Waals surface area contributed by atoms with Gasteiger partial charge in [-0.1, -0.05) is 78.9 Å². The average Bonchev–Trinajstić information content (AvgIpc) is 3.55. The lowest BCUT2D eigenvalue weighted by molar-refractivity contribution is 1.19. The van der Waals surface area contributed by atoms with Gasteiger partial charge in [0.15, 0.2) is 0 Å². The van der Waals surface area contributed by atoms with Gasteiger partial charge in [0.25, 0.3) is 0 Å². The maximum atomic E-state index is 5.07. The molecule has 0 amide bonds. The third-order valence-electron chi connectivity index (χ3n) is 9.74. The Morgan fingerprint density at radius 2 is 0.961 bits per heavy atom. The van der Waals surface area contributed by atoms with Crippen LogP contribution < -0.4 is 0 Å². The zero-order valence-electron chi connectivity index (χ0n) is 27.5. The molecule has 0 saturated heterocycles. The van der Waals surface area contributed by atoms with Crippen LogP contribution in [0.3, 0.4) is 0 Å². The van der Waals surface area contributed by atoms with Crippen molar-refractivity contribution in [2.45, 2.75) is 0 Å². The second-order valence-electron chi connectivity index (χ2n) is 12.8. The Labute approximate surface area is 294 Å². The summed E-state index contributed by atoms with van der Waals surface area (Å²) in [5.41, 5.74) is 11.2. The molecule has 51 heavy (non-hydrogen) atoms. The van der Waals surface area contributed by atoms with Crippen molar-refractivity contribution < 1.29 is 0 Å². The van der Waals surface area contributed by atoms with Gasteiger partial charge < -0.3 is 4.57 Å². The molecule has 0 unspecified atom stereocenters. The Bertz CT molecular complexity index is 2910. The number of nitrogens with zero attached hydrogens (tertiary/aromatic N) is 5. The minimum atomic E-state index is 0.901. The SMILES string of the molecule is c1cncc(-c2cccc(-c3ccc4c(ccc5c6ccc(-c7cccc(-c8cccnc8)n7)cc6n(-c6ccc7ccccc7c6)c45)c3)n2)c1. The van der Waals surface area contributed by atoms with Crippen LogP contribution in [-0.2, 0) is 0 Å². The second-order valence-corrected chi connectivity index (χ2v) is 12.8. The van der Waals surface area contributed by atoms with Crippen LogP contribution >= 0.6 is 0 Å². The van der Waals surface area contributed by atoms with Gasteiger partial charge in [-0.3, -0.25) is 9.97 Å². The lowest BCUT2D eigenvalue weighted by atomic mass is 10.0. The topological polar surface area (TPSA) is 56.5 Å².